The van der Waals surface area contributed by atoms with E-state index < -0.39 is 5.97 Å². The summed E-state index contributed by atoms with van der Waals surface area (Å²) in [4.78, 5) is 11.4. The molecule has 0 amide bonds. The molecule has 0 bridgehead atoms. The molecule has 88 valence electrons. The Balaban J connectivity index is 3.24. The number of phenolic OH excluding ortho intramolecular Hbond substituents is 1. The zero-order valence-corrected chi connectivity index (χ0v) is 9.19. The number of hydrogen-bond acceptors (Lipinski definition) is 5. The van der Waals surface area contributed by atoms with Gasteiger partial charge >= 0.3 is 5.97 Å². The highest BCUT2D eigenvalue weighted by atomic mass is 16.5. The van der Waals surface area contributed by atoms with Crippen LogP contribution in [0.5, 0.6) is 11.5 Å². The maximum atomic E-state index is 11.4. The molecule has 0 spiro atoms. The van der Waals surface area contributed by atoms with E-state index in [-0.39, 0.29) is 23.7 Å². The summed E-state index contributed by atoms with van der Waals surface area (Å²) in [5.41, 5.74) is 0.804. The third-order valence-electron chi connectivity index (χ3n) is 2.19. The van der Waals surface area contributed by atoms with E-state index in [1.807, 2.05) is 0 Å². The van der Waals surface area contributed by atoms with Gasteiger partial charge in [0.15, 0.2) is 11.5 Å². The van der Waals surface area contributed by atoms with Gasteiger partial charge in [0, 0.05) is 6.61 Å². The lowest BCUT2D eigenvalue weighted by Gasteiger charge is -2.10. The summed E-state index contributed by atoms with van der Waals surface area (Å²) in [7, 11) is 2.67. The Morgan fingerprint density at radius 2 is 2.06 bits per heavy atom. The summed E-state index contributed by atoms with van der Waals surface area (Å²) in [6, 6.07) is 2.79. The molecule has 2 N–H and O–H groups in total. The van der Waals surface area contributed by atoms with Crippen LogP contribution in [-0.2, 0) is 11.2 Å². The number of hydrogen-bond donors (Lipinski definition) is 2. The molecule has 0 heterocycles. The number of aliphatic hydroxyl groups is 1. The van der Waals surface area contributed by atoms with Gasteiger partial charge in [-0.15, -0.1) is 0 Å². The van der Waals surface area contributed by atoms with Crippen molar-refractivity contribution in [2.45, 2.75) is 6.42 Å². The van der Waals surface area contributed by atoms with Gasteiger partial charge in [-0.2, -0.15) is 0 Å². The van der Waals surface area contributed by atoms with E-state index in [0.717, 1.165) is 0 Å². The van der Waals surface area contributed by atoms with Gasteiger partial charge in [-0.1, -0.05) is 0 Å². The lowest BCUT2D eigenvalue weighted by molar-refractivity contribution is 0.0598. The molecule has 0 aliphatic rings. The Morgan fingerprint density at radius 3 is 2.56 bits per heavy atom. The van der Waals surface area contributed by atoms with Crippen molar-refractivity contribution in [1.82, 2.24) is 0 Å². The van der Waals surface area contributed by atoms with Gasteiger partial charge in [0.1, 0.15) is 0 Å². The van der Waals surface area contributed by atoms with Crippen LogP contribution in [0.1, 0.15) is 15.9 Å². The van der Waals surface area contributed by atoms with E-state index in [2.05, 4.69) is 4.74 Å². The smallest absolute Gasteiger partial charge is 0.338 e. The van der Waals surface area contributed by atoms with Crippen molar-refractivity contribution in [2.24, 2.45) is 0 Å². The zero-order chi connectivity index (χ0) is 12.1. The van der Waals surface area contributed by atoms with Crippen molar-refractivity contribution in [3.63, 3.8) is 0 Å². The van der Waals surface area contributed by atoms with E-state index in [1.165, 1.54) is 26.4 Å². The molecule has 0 aromatic heterocycles. The van der Waals surface area contributed by atoms with E-state index >= 15 is 0 Å². The number of esters is 1. The van der Waals surface area contributed by atoms with Gasteiger partial charge in [0.2, 0.25) is 0 Å². The summed E-state index contributed by atoms with van der Waals surface area (Å²) < 4.78 is 9.50. The molecule has 0 saturated heterocycles. The third-order valence-corrected chi connectivity index (χ3v) is 2.19. The molecule has 0 fully saturated rings. The van der Waals surface area contributed by atoms with Crippen LogP contribution in [0.2, 0.25) is 0 Å². The maximum Gasteiger partial charge on any atom is 0.338 e. The van der Waals surface area contributed by atoms with Crippen LogP contribution in [0.25, 0.3) is 0 Å². The average molecular weight is 226 g/mol. The number of benzene rings is 1. The Hall–Kier alpha value is -1.75. The summed E-state index contributed by atoms with van der Waals surface area (Å²) in [5.74, 6) is -0.429. The van der Waals surface area contributed by atoms with Crippen molar-refractivity contribution in [2.75, 3.05) is 20.8 Å². The summed E-state index contributed by atoms with van der Waals surface area (Å²) in [5, 5.41) is 18.4. The minimum Gasteiger partial charge on any atom is -0.504 e. The number of carbonyl (C=O) groups is 1. The first-order valence-corrected chi connectivity index (χ1v) is 4.73. The molecule has 0 aliphatic heterocycles. The van der Waals surface area contributed by atoms with Gasteiger partial charge in [-0.05, 0) is 24.1 Å². The summed E-state index contributed by atoms with van der Waals surface area (Å²) >= 11 is 0. The Morgan fingerprint density at radius 1 is 1.38 bits per heavy atom. The van der Waals surface area contributed by atoms with Gasteiger partial charge in [-0.3, -0.25) is 0 Å². The lowest BCUT2D eigenvalue weighted by atomic mass is 10.0. The van der Waals surface area contributed by atoms with Crippen LogP contribution >= 0.6 is 0 Å². The van der Waals surface area contributed by atoms with Crippen LogP contribution in [-0.4, -0.2) is 37.0 Å². The molecule has 0 atom stereocenters. The fourth-order valence-corrected chi connectivity index (χ4v) is 1.40. The number of aliphatic hydroxyl groups excluding tert-OH is 1. The van der Waals surface area contributed by atoms with Crippen LogP contribution in [0.15, 0.2) is 12.1 Å². The molecular formula is C11H14O5. The Kier molecular flexibility index (Phi) is 4.13. The maximum absolute atomic E-state index is 11.4. The fraction of sp³-hybridized carbons (Fsp3) is 0.364. The van der Waals surface area contributed by atoms with Crippen LogP contribution in [0.3, 0.4) is 0 Å². The van der Waals surface area contributed by atoms with Crippen molar-refractivity contribution < 1.29 is 24.5 Å². The topological polar surface area (TPSA) is 76.0 Å². The third kappa shape index (κ3) is 2.43. The highest BCUT2D eigenvalue weighted by molar-refractivity contribution is 5.92. The molecule has 1 aromatic carbocycles. The lowest BCUT2D eigenvalue weighted by Crippen LogP contribution is -2.07. The van der Waals surface area contributed by atoms with Gasteiger partial charge in [0.25, 0.3) is 0 Å². The Bertz CT molecular complexity index is 386. The van der Waals surface area contributed by atoms with Crippen molar-refractivity contribution >= 4 is 5.97 Å². The molecule has 0 saturated carbocycles. The Labute approximate surface area is 93.2 Å². The SMILES string of the molecule is COC(=O)c1cc(O)c(OC)cc1CCO. The predicted molar refractivity (Wildman–Crippen MR) is 56.8 cm³/mol. The summed E-state index contributed by atoms with van der Waals surface area (Å²) in [6.45, 7) is -0.0993. The van der Waals surface area contributed by atoms with Crippen LogP contribution in [0.4, 0.5) is 0 Å². The monoisotopic (exact) mass is 226 g/mol. The first-order chi connectivity index (χ1) is 7.63. The van der Waals surface area contributed by atoms with Gasteiger partial charge in [-0.25, -0.2) is 4.79 Å². The van der Waals surface area contributed by atoms with Gasteiger partial charge in [0.05, 0.1) is 19.8 Å². The largest absolute Gasteiger partial charge is 0.504 e. The first kappa shape index (κ1) is 12.3. The predicted octanol–water partition coefficient (Wildman–Crippen LogP) is 0.722. The number of methoxy groups -OCH3 is 2. The molecule has 0 radical (unpaired) electrons. The normalized spacial score (nSPS) is 9.94. The number of rotatable bonds is 4. The van der Waals surface area contributed by atoms with E-state index in [1.54, 1.807) is 0 Å². The molecular weight excluding hydrogens is 212 g/mol. The second kappa shape index (κ2) is 5.37. The van der Waals surface area contributed by atoms with Crippen LogP contribution < -0.4 is 4.74 Å². The number of phenols is 1. The van der Waals surface area contributed by atoms with E-state index in [0.29, 0.717) is 12.0 Å². The highest BCUT2D eigenvalue weighted by Gasteiger charge is 2.15. The highest BCUT2D eigenvalue weighted by Crippen LogP contribution is 2.30. The molecule has 0 unspecified atom stereocenters. The summed E-state index contributed by atoms with van der Waals surface area (Å²) in [6.07, 6.45) is 0.293. The van der Waals surface area contributed by atoms with Crippen molar-refractivity contribution in [3.8, 4) is 11.5 Å². The number of aromatic hydroxyl groups is 1. The zero-order valence-electron chi connectivity index (χ0n) is 9.19. The molecule has 5 heteroatoms. The minimum absolute atomic E-state index is 0.0993. The molecule has 0 aliphatic carbocycles. The number of carbonyl (C=O) groups excluding carboxylic acids is 1. The fourth-order valence-electron chi connectivity index (χ4n) is 1.40. The quantitative estimate of drug-likeness (QED) is 0.740. The van der Waals surface area contributed by atoms with Gasteiger partial charge < -0.3 is 19.7 Å². The van der Waals surface area contributed by atoms with Crippen LogP contribution in [0, 0.1) is 0 Å². The second-order valence-electron chi connectivity index (χ2n) is 3.15. The van der Waals surface area contributed by atoms with E-state index in [4.69, 9.17) is 9.84 Å². The minimum atomic E-state index is -0.554. The molecule has 1 rings (SSSR count). The molecule has 5 nitrogen and oxygen atoms in total. The second-order valence-corrected chi connectivity index (χ2v) is 3.15. The molecule has 1 aromatic rings. The standard InChI is InChI=1S/C11H14O5/c1-15-10-5-7(3-4-12)8(6-9(10)13)11(14)16-2/h5-6,12-13H,3-4H2,1-2H3. The van der Waals surface area contributed by atoms with Crippen molar-refractivity contribution in [3.05, 3.63) is 23.3 Å². The van der Waals surface area contributed by atoms with Crippen molar-refractivity contribution in [1.29, 1.82) is 0 Å². The molecule has 16 heavy (non-hydrogen) atoms. The number of ether oxygens (including phenoxy) is 2. The average Bonchev–Trinajstić information content (AvgIpc) is 2.30. The first-order valence-electron chi connectivity index (χ1n) is 4.73. The van der Waals surface area contributed by atoms with E-state index in [9.17, 15) is 9.90 Å².